The molecule has 2 fully saturated rings. The Kier molecular flexibility index (Phi) is 7.10. The molecule has 0 spiro atoms. The third-order valence-corrected chi connectivity index (χ3v) is 6.58. The molecular weight excluding hydrogens is 475 g/mol. The standard InChI is InChI=1S/C29H29FN2O5/c1-3-5-17-36-23-16-11-19(18-24(23)35-4-2)26-25-27(37-32(26)22-9-7-6-8-10-22)29(34)31(28(25)33)21-14-12-20(30)13-15-21/h6-16,18,25-27H,3-5,17H2,1-2H3/t25-,26+,27+/m1/s1. The van der Waals surface area contributed by atoms with Crippen molar-refractivity contribution in [3.63, 3.8) is 0 Å². The average Bonchev–Trinajstić information content (AvgIpc) is 3.42. The summed E-state index contributed by atoms with van der Waals surface area (Å²) in [6.45, 7) is 5.01. The molecule has 2 saturated heterocycles. The van der Waals surface area contributed by atoms with Crippen molar-refractivity contribution in [2.24, 2.45) is 5.92 Å². The van der Waals surface area contributed by atoms with Gasteiger partial charge in [0.05, 0.1) is 30.6 Å². The summed E-state index contributed by atoms with van der Waals surface area (Å²) in [5.74, 6) is -0.931. The summed E-state index contributed by atoms with van der Waals surface area (Å²) in [7, 11) is 0. The number of ether oxygens (including phenoxy) is 2. The predicted molar refractivity (Wildman–Crippen MR) is 137 cm³/mol. The first-order chi connectivity index (χ1) is 18.0. The van der Waals surface area contributed by atoms with Crippen LogP contribution in [0, 0.1) is 11.7 Å². The van der Waals surface area contributed by atoms with Crippen molar-refractivity contribution < 1.29 is 28.3 Å². The maximum atomic E-state index is 13.7. The largest absolute Gasteiger partial charge is 0.490 e. The van der Waals surface area contributed by atoms with Crippen LogP contribution in [0.4, 0.5) is 15.8 Å². The highest BCUT2D eigenvalue weighted by Crippen LogP contribution is 2.48. The second kappa shape index (κ2) is 10.6. The van der Waals surface area contributed by atoms with Crippen LogP contribution >= 0.6 is 0 Å². The van der Waals surface area contributed by atoms with Crippen molar-refractivity contribution in [2.75, 3.05) is 23.2 Å². The Morgan fingerprint density at radius 2 is 1.62 bits per heavy atom. The van der Waals surface area contributed by atoms with Gasteiger partial charge in [0.25, 0.3) is 5.91 Å². The molecule has 0 aliphatic carbocycles. The molecule has 8 heteroatoms. The molecule has 0 N–H and O–H groups in total. The number of amides is 2. The maximum Gasteiger partial charge on any atom is 0.266 e. The van der Waals surface area contributed by atoms with Crippen LogP contribution in [0.3, 0.4) is 0 Å². The number of carbonyl (C=O) groups is 2. The molecule has 2 amide bonds. The van der Waals surface area contributed by atoms with E-state index >= 15 is 0 Å². The normalized spacial score (nSPS) is 20.9. The van der Waals surface area contributed by atoms with E-state index in [0.717, 1.165) is 29.0 Å². The summed E-state index contributed by atoms with van der Waals surface area (Å²) in [5.41, 5.74) is 1.79. The van der Waals surface area contributed by atoms with Gasteiger partial charge in [0.2, 0.25) is 5.91 Å². The molecule has 0 bridgehead atoms. The van der Waals surface area contributed by atoms with Gasteiger partial charge in [-0.1, -0.05) is 37.6 Å². The molecule has 5 rings (SSSR count). The summed E-state index contributed by atoms with van der Waals surface area (Å²) < 4.78 is 25.3. The average molecular weight is 505 g/mol. The quantitative estimate of drug-likeness (QED) is 0.285. The van der Waals surface area contributed by atoms with Gasteiger partial charge in [-0.3, -0.25) is 14.4 Å². The molecule has 7 nitrogen and oxygen atoms in total. The molecule has 0 saturated carbocycles. The van der Waals surface area contributed by atoms with Gasteiger partial charge < -0.3 is 9.47 Å². The lowest BCUT2D eigenvalue weighted by molar-refractivity contribution is -0.126. The van der Waals surface area contributed by atoms with E-state index in [9.17, 15) is 14.0 Å². The van der Waals surface area contributed by atoms with Crippen molar-refractivity contribution in [1.29, 1.82) is 0 Å². The first kappa shape index (κ1) is 24.8. The topological polar surface area (TPSA) is 68.3 Å². The van der Waals surface area contributed by atoms with Gasteiger partial charge in [0.1, 0.15) is 11.7 Å². The molecule has 37 heavy (non-hydrogen) atoms. The molecule has 192 valence electrons. The van der Waals surface area contributed by atoms with Crippen LogP contribution in [-0.2, 0) is 14.4 Å². The Morgan fingerprint density at radius 3 is 2.32 bits per heavy atom. The summed E-state index contributed by atoms with van der Waals surface area (Å²) in [6.07, 6.45) is 0.918. The van der Waals surface area contributed by atoms with E-state index in [2.05, 4.69) is 6.92 Å². The highest BCUT2D eigenvalue weighted by atomic mass is 19.1. The number of rotatable bonds is 9. The number of nitrogens with zero attached hydrogens (tertiary/aromatic N) is 2. The van der Waals surface area contributed by atoms with Gasteiger partial charge in [0, 0.05) is 0 Å². The van der Waals surface area contributed by atoms with Crippen LogP contribution in [0.5, 0.6) is 11.5 Å². The molecule has 3 atom stereocenters. The van der Waals surface area contributed by atoms with Gasteiger partial charge >= 0.3 is 0 Å². The van der Waals surface area contributed by atoms with Crippen LogP contribution < -0.4 is 19.4 Å². The van der Waals surface area contributed by atoms with Crippen molar-refractivity contribution in [2.45, 2.75) is 38.8 Å². The molecule has 0 radical (unpaired) electrons. The minimum absolute atomic E-state index is 0.314. The van der Waals surface area contributed by atoms with Crippen LogP contribution in [0.25, 0.3) is 0 Å². The van der Waals surface area contributed by atoms with Crippen molar-refractivity contribution >= 4 is 23.2 Å². The Labute approximate surface area is 215 Å². The van der Waals surface area contributed by atoms with E-state index in [1.807, 2.05) is 55.5 Å². The number of hydroxylamine groups is 1. The number of hydrogen-bond acceptors (Lipinski definition) is 6. The Morgan fingerprint density at radius 1 is 0.865 bits per heavy atom. The number of fused-ring (bicyclic) bond motifs is 1. The van der Waals surface area contributed by atoms with E-state index in [-0.39, 0.29) is 0 Å². The number of benzene rings is 3. The molecule has 0 unspecified atom stereocenters. The van der Waals surface area contributed by atoms with E-state index in [1.165, 1.54) is 24.3 Å². The molecule has 0 aromatic heterocycles. The lowest BCUT2D eigenvalue weighted by atomic mass is 9.90. The number of unbranched alkanes of at least 4 members (excludes halogenated alkanes) is 1. The fraction of sp³-hybridized carbons (Fsp3) is 0.310. The second-order valence-corrected chi connectivity index (χ2v) is 8.99. The highest BCUT2D eigenvalue weighted by molar-refractivity contribution is 6.23. The highest BCUT2D eigenvalue weighted by Gasteiger charge is 2.60. The fourth-order valence-electron chi connectivity index (χ4n) is 4.82. The molecule has 2 heterocycles. The summed E-state index contributed by atoms with van der Waals surface area (Å²) >= 11 is 0. The van der Waals surface area contributed by atoms with Crippen LogP contribution in [-0.4, -0.2) is 31.1 Å². The number of halogens is 1. The monoisotopic (exact) mass is 504 g/mol. The minimum atomic E-state index is -1.02. The SMILES string of the molecule is CCCCOc1ccc([C@H]2[C@H]3C(=O)N(c4ccc(F)cc4)C(=O)[C@H]3ON2c2ccccc2)cc1OCC. The van der Waals surface area contributed by atoms with Gasteiger partial charge in [-0.25, -0.2) is 14.4 Å². The summed E-state index contributed by atoms with van der Waals surface area (Å²) in [4.78, 5) is 34.4. The van der Waals surface area contributed by atoms with Crippen LogP contribution in [0.1, 0.15) is 38.3 Å². The van der Waals surface area contributed by atoms with Crippen molar-refractivity contribution in [3.05, 3.63) is 84.2 Å². The smallest absolute Gasteiger partial charge is 0.266 e. The number of imide groups is 1. The third kappa shape index (κ3) is 4.64. The second-order valence-electron chi connectivity index (χ2n) is 8.99. The maximum absolute atomic E-state index is 13.7. The first-order valence-electron chi connectivity index (χ1n) is 12.6. The van der Waals surface area contributed by atoms with Gasteiger partial charge in [-0.2, -0.15) is 0 Å². The summed E-state index contributed by atoms with van der Waals surface area (Å²) in [5, 5.41) is 1.63. The van der Waals surface area contributed by atoms with E-state index in [4.69, 9.17) is 14.3 Å². The van der Waals surface area contributed by atoms with Crippen molar-refractivity contribution in [1.82, 2.24) is 0 Å². The number of carbonyl (C=O) groups excluding carboxylic acids is 2. The Balaban J connectivity index is 1.55. The van der Waals surface area contributed by atoms with Crippen LogP contribution in [0.2, 0.25) is 0 Å². The molecule has 2 aliphatic rings. The number of hydrogen-bond donors (Lipinski definition) is 0. The molecule has 3 aromatic carbocycles. The van der Waals surface area contributed by atoms with Crippen molar-refractivity contribution in [3.8, 4) is 11.5 Å². The predicted octanol–water partition coefficient (Wildman–Crippen LogP) is 5.45. The zero-order valence-corrected chi connectivity index (χ0v) is 20.8. The number of para-hydroxylation sites is 1. The van der Waals surface area contributed by atoms with Gasteiger partial charge in [-0.15, -0.1) is 0 Å². The molecule has 3 aromatic rings. The lowest BCUT2D eigenvalue weighted by Crippen LogP contribution is -2.37. The Hall–Kier alpha value is -3.91. The Bertz CT molecular complexity index is 1270. The van der Waals surface area contributed by atoms with Crippen LogP contribution in [0.15, 0.2) is 72.8 Å². The first-order valence-corrected chi connectivity index (χ1v) is 12.6. The number of anilines is 2. The molecule has 2 aliphatic heterocycles. The summed E-state index contributed by atoms with van der Waals surface area (Å²) in [6, 6.07) is 19.6. The fourth-order valence-corrected chi connectivity index (χ4v) is 4.82. The minimum Gasteiger partial charge on any atom is -0.490 e. The zero-order valence-electron chi connectivity index (χ0n) is 20.8. The van der Waals surface area contributed by atoms with Gasteiger partial charge in [0.15, 0.2) is 17.6 Å². The third-order valence-electron chi connectivity index (χ3n) is 6.58. The lowest BCUT2D eigenvalue weighted by Gasteiger charge is -2.29. The zero-order chi connectivity index (χ0) is 25.9. The molecular formula is C29H29FN2O5. The van der Waals surface area contributed by atoms with E-state index in [1.54, 1.807) is 5.06 Å². The van der Waals surface area contributed by atoms with Gasteiger partial charge in [-0.05, 0) is 67.4 Å². The van der Waals surface area contributed by atoms with E-state index < -0.39 is 35.7 Å². The van der Waals surface area contributed by atoms with E-state index in [0.29, 0.717) is 30.4 Å².